The molecule has 48 valence electrons. The quantitative estimate of drug-likeness (QED) is 0.465. The first-order valence-corrected chi connectivity index (χ1v) is 3.23. The van der Waals surface area contributed by atoms with Gasteiger partial charge in [0, 0.05) is 5.92 Å². The zero-order valence-electron chi connectivity index (χ0n) is 6.28. The van der Waals surface area contributed by atoms with Crippen molar-refractivity contribution >= 4 is 0 Å². The zero-order chi connectivity index (χ0) is 7.11. The predicted octanol–water partition coefficient (Wildman–Crippen LogP) is 2.06. The molecule has 0 heteroatoms. The summed E-state index contributed by atoms with van der Waals surface area (Å²) in [4.78, 5) is 0. The summed E-state index contributed by atoms with van der Waals surface area (Å²) in [5.41, 5.74) is 0. The third-order valence-electron chi connectivity index (χ3n) is 1.12. The van der Waals surface area contributed by atoms with Crippen molar-refractivity contribution in [2.24, 2.45) is 5.92 Å². The minimum absolute atomic E-state index is 0.492. The second-order valence-corrected chi connectivity index (χ2v) is 1.95. The normalized spacial score (nSPS) is 10.1. The van der Waals surface area contributed by atoms with Gasteiger partial charge in [0.25, 0.3) is 0 Å². The molecule has 0 bridgehead atoms. The van der Waals surface area contributed by atoms with Gasteiger partial charge in [-0.25, -0.2) is 0 Å². The van der Waals surface area contributed by atoms with E-state index in [2.05, 4.69) is 37.5 Å². The SMILES string of the molecule is CC#CC#CC(C)CC. The predicted molar refractivity (Wildman–Crippen MR) is 40.7 cm³/mol. The standard InChI is InChI=1S/C9H12/c1-4-6-7-8-9(3)5-2/h9H,5H2,1-3H3. The summed E-state index contributed by atoms with van der Waals surface area (Å²) < 4.78 is 0. The van der Waals surface area contributed by atoms with Crippen LogP contribution in [0, 0.1) is 29.6 Å². The van der Waals surface area contributed by atoms with E-state index in [1.807, 2.05) is 0 Å². The molecule has 0 fully saturated rings. The highest BCUT2D eigenvalue weighted by Crippen LogP contribution is 1.95. The number of hydrogen-bond acceptors (Lipinski definition) is 0. The van der Waals surface area contributed by atoms with Crippen LogP contribution in [0.4, 0.5) is 0 Å². The van der Waals surface area contributed by atoms with Crippen LogP contribution in [-0.4, -0.2) is 0 Å². The Bertz CT molecular complexity index is 168. The number of rotatable bonds is 1. The van der Waals surface area contributed by atoms with Crippen molar-refractivity contribution in [1.82, 2.24) is 0 Å². The molecular formula is C9H12. The largest absolute Gasteiger partial charge is 0.0925 e. The Morgan fingerprint density at radius 1 is 1.33 bits per heavy atom. The molecule has 9 heavy (non-hydrogen) atoms. The van der Waals surface area contributed by atoms with E-state index in [4.69, 9.17) is 0 Å². The van der Waals surface area contributed by atoms with E-state index in [9.17, 15) is 0 Å². The fraction of sp³-hybridized carbons (Fsp3) is 0.556. The van der Waals surface area contributed by atoms with E-state index >= 15 is 0 Å². The topological polar surface area (TPSA) is 0 Å². The Balaban J connectivity index is 3.67. The van der Waals surface area contributed by atoms with Gasteiger partial charge in [0.15, 0.2) is 0 Å². The lowest BCUT2D eigenvalue weighted by molar-refractivity contribution is 0.723. The molecule has 0 aliphatic rings. The van der Waals surface area contributed by atoms with Crippen LogP contribution in [0.15, 0.2) is 0 Å². The van der Waals surface area contributed by atoms with Gasteiger partial charge in [-0.05, 0) is 25.2 Å². The summed E-state index contributed by atoms with van der Waals surface area (Å²) in [6.07, 6.45) is 1.11. The molecule has 0 N–H and O–H groups in total. The van der Waals surface area contributed by atoms with Crippen molar-refractivity contribution in [3.8, 4) is 23.7 Å². The molecule has 0 heterocycles. The van der Waals surface area contributed by atoms with Gasteiger partial charge in [0.1, 0.15) is 0 Å². The Morgan fingerprint density at radius 3 is 2.44 bits per heavy atom. The molecule has 0 radical (unpaired) electrons. The zero-order valence-corrected chi connectivity index (χ0v) is 6.28. The van der Waals surface area contributed by atoms with Gasteiger partial charge < -0.3 is 0 Å². The van der Waals surface area contributed by atoms with Crippen LogP contribution in [0.1, 0.15) is 27.2 Å². The van der Waals surface area contributed by atoms with Crippen LogP contribution in [0.2, 0.25) is 0 Å². The molecule has 0 rings (SSSR count). The lowest BCUT2D eigenvalue weighted by atomic mass is 10.1. The fourth-order valence-electron chi connectivity index (χ4n) is 0.324. The van der Waals surface area contributed by atoms with Crippen molar-refractivity contribution in [3.63, 3.8) is 0 Å². The molecule has 0 aromatic carbocycles. The Hall–Kier alpha value is -0.880. The smallest absolute Gasteiger partial charge is 0.0182 e. The summed E-state index contributed by atoms with van der Waals surface area (Å²) in [6.45, 7) is 6.02. The van der Waals surface area contributed by atoms with Crippen LogP contribution in [0.3, 0.4) is 0 Å². The maximum absolute atomic E-state index is 3.01. The minimum atomic E-state index is 0.492. The van der Waals surface area contributed by atoms with Gasteiger partial charge in [0.2, 0.25) is 0 Å². The Kier molecular flexibility index (Phi) is 4.75. The second-order valence-electron chi connectivity index (χ2n) is 1.95. The Morgan fingerprint density at radius 2 is 2.00 bits per heavy atom. The molecule has 0 spiro atoms. The fourth-order valence-corrected chi connectivity index (χ4v) is 0.324. The third kappa shape index (κ3) is 4.98. The number of hydrogen-bond donors (Lipinski definition) is 0. The molecule has 0 saturated carbocycles. The molecule has 0 aromatic heterocycles. The van der Waals surface area contributed by atoms with Crippen LogP contribution < -0.4 is 0 Å². The summed E-state index contributed by atoms with van der Waals surface area (Å²) >= 11 is 0. The first-order valence-electron chi connectivity index (χ1n) is 3.23. The highest BCUT2D eigenvalue weighted by atomic mass is 13.9. The van der Waals surface area contributed by atoms with Crippen LogP contribution in [0.25, 0.3) is 0 Å². The summed E-state index contributed by atoms with van der Waals surface area (Å²) in [5.74, 6) is 11.7. The van der Waals surface area contributed by atoms with E-state index < -0.39 is 0 Å². The average Bonchev–Trinajstić information content (AvgIpc) is 1.89. The van der Waals surface area contributed by atoms with Gasteiger partial charge in [-0.3, -0.25) is 0 Å². The maximum Gasteiger partial charge on any atom is 0.0182 e. The molecule has 1 atom stereocenters. The molecule has 0 aliphatic carbocycles. The molecule has 0 aromatic rings. The Labute approximate surface area is 57.7 Å². The van der Waals surface area contributed by atoms with Crippen LogP contribution >= 0.6 is 0 Å². The van der Waals surface area contributed by atoms with Crippen LogP contribution in [-0.2, 0) is 0 Å². The van der Waals surface area contributed by atoms with Crippen molar-refractivity contribution < 1.29 is 0 Å². The first-order chi connectivity index (χ1) is 4.31. The lowest BCUT2D eigenvalue weighted by Crippen LogP contribution is -1.83. The molecule has 0 nitrogen and oxygen atoms in total. The van der Waals surface area contributed by atoms with Crippen molar-refractivity contribution in [3.05, 3.63) is 0 Å². The first kappa shape index (κ1) is 8.12. The molecule has 0 amide bonds. The van der Waals surface area contributed by atoms with E-state index in [0.29, 0.717) is 5.92 Å². The summed E-state index contributed by atoms with van der Waals surface area (Å²) in [7, 11) is 0. The van der Waals surface area contributed by atoms with Crippen molar-refractivity contribution in [1.29, 1.82) is 0 Å². The average molecular weight is 120 g/mol. The summed E-state index contributed by atoms with van der Waals surface area (Å²) in [6, 6.07) is 0. The molecule has 0 saturated heterocycles. The van der Waals surface area contributed by atoms with E-state index in [1.165, 1.54) is 0 Å². The lowest BCUT2D eigenvalue weighted by Gasteiger charge is -1.91. The van der Waals surface area contributed by atoms with Gasteiger partial charge in [-0.2, -0.15) is 0 Å². The monoisotopic (exact) mass is 120 g/mol. The molecule has 0 aliphatic heterocycles. The highest BCUT2D eigenvalue weighted by molar-refractivity contribution is 5.25. The van der Waals surface area contributed by atoms with Crippen molar-refractivity contribution in [2.45, 2.75) is 27.2 Å². The van der Waals surface area contributed by atoms with Gasteiger partial charge in [0.05, 0.1) is 0 Å². The minimum Gasteiger partial charge on any atom is -0.0925 e. The van der Waals surface area contributed by atoms with Gasteiger partial charge in [-0.15, -0.1) is 0 Å². The summed E-state index contributed by atoms with van der Waals surface area (Å²) in [5, 5.41) is 0. The van der Waals surface area contributed by atoms with Crippen molar-refractivity contribution in [2.75, 3.05) is 0 Å². The third-order valence-corrected chi connectivity index (χ3v) is 1.12. The molecular weight excluding hydrogens is 108 g/mol. The molecule has 1 unspecified atom stereocenters. The maximum atomic E-state index is 3.01. The van der Waals surface area contributed by atoms with Gasteiger partial charge >= 0.3 is 0 Å². The van der Waals surface area contributed by atoms with E-state index in [-0.39, 0.29) is 0 Å². The highest BCUT2D eigenvalue weighted by Gasteiger charge is 1.86. The van der Waals surface area contributed by atoms with Crippen LogP contribution in [0.5, 0.6) is 0 Å². The van der Waals surface area contributed by atoms with Gasteiger partial charge in [-0.1, -0.05) is 25.7 Å². The van der Waals surface area contributed by atoms with E-state index in [0.717, 1.165) is 6.42 Å². The van der Waals surface area contributed by atoms with E-state index in [1.54, 1.807) is 6.92 Å². The second kappa shape index (κ2) is 5.26.